The summed E-state index contributed by atoms with van der Waals surface area (Å²) in [6.07, 6.45) is 6.38. The Morgan fingerprint density at radius 2 is 2.00 bits per heavy atom. The van der Waals surface area contributed by atoms with Crippen molar-refractivity contribution in [2.75, 3.05) is 20.7 Å². The molecule has 0 aromatic carbocycles. The van der Waals surface area contributed by atoms with Gasteiger partial charge >= 0.3 is 0 Å². The van der Waals surface area contributed by atoms with Gasteiger partial charge in [-0.2, -0.15) is 0 Å². The highest BCUT2D eigenvalue weighted by molar-refractivity contribution is 5.81. The predicted octanol–water partition coefficient (Wildman–Crippen LogP) is 1.38. The number of nitrogens with one attached hydrogen (secondary N) is 1. The quantitative estimate of drug-likeness (QED) is 0.731. The lowest BCUT2D eigenvalue weighted by Gasteiger charge is -2.29. The van der Waals surface area contributed by atoms with Gasteiger partial charge in [0.15, 0.2) is 0 Å². The standard InChI is InChI=1S/C14H28N2O2/c1-4-13(16(2)3)14(18)15-12-9-7-5-6-8-11(12)10-17/h11-13,17H,4-10H2,1-3H3,(H,15,18)/t11-,12+,13-/m1/s1. The van der Waals surface area contributed by atoms with Gasteiger partial charge in [-0.05, 0) is 33.4 Å². The van der Waals surface area contributed by atoms with E-state index in [9.17, 15) is 9.90 Å². The molecule has 1 rings (SSSR count). The average Bonchev–Trinajstić information content (AvgIpc) is 2.54. The molecule has 1 saturated carbocycles. The first-order valence-electron chi connectivity index (χ1n) is 7.17. The minimum absolute atomic E-state index is 0.0624. The molecule has 18 heavy (non-hydrogen) atoms. The normalized spacial score (nSPS) is 26.7. The Labute approximate surface area is 111 Å². The van der Waals surface area contributed by atoms with Crippen LogP contribution in [0, 0.1) is 5.92 Å². The summed E-state index contributed by atoms with van der Waals surface area (Å²) in [5.41, 5.74) is 0. The van der Waals surface area contributed by atoms with Crippen molar-refractivity contribution in [3.05, 3.63) is 0 Å². The van der Waals surface area contributed by atoms with Crippen molar-refractivity contribution in [1.82, 2.24) is 10.2 Å². The minimum atomic E-state index is -0.0624. The van der Waals surface area contributed by atoms with Crippen molar-refractivity contribution < 1.29 is 9.90 Å². The molecule has 3 atom stereocenters. The first kappa shape index (κ1) is 15.4. The third-order valence-electron chi connectivity index (χ3n) is 4.03. The molecule has 0 spiro atoms. The highest BCUT2D eigenvalue weighted by Crippen LogP contribution is 2.23. The van der Waals surface area contributed by atoms with E-state index < -0.39 is 0 Å². The van der Waals surface area contributed by atoms with E-state index in [1.807, 2.05) is 25.9 Å². The summed E-state index contributed by atoms with van der Waals surface area (Å²) in [7, 11) is 3.87. The van der Waals surface area contributed by atoms with Gasteiger partial charge in [-0.3, -0.25) is 9.69 Å². The number of amides is 1. The van der Waals surface area contributed by atoms with Crippen molar-refractivity contribution in [3.63, 3.8) is 0 Å². The van der Waals surface area contributed by atoms with Crippen LogP contribution in [-0.2, 0) is 4.79 Å². The fourth-order valence-corrected chi connectivity index (χ4v) is 2.86. The smallest absolute Gasteiger partial charge is 0.237 e. The Balaban J connectivity index is 2.59. The van der Waals surface area contributed by atoms with E-state index in [0.29, 0.717) is 0 Å². The zero-order valence-corrected chi connectivity index (χ0v) is 12.0. The number of carbonyl (C=O) groups is 1. The van der Waals surface area contributed by atoms with Crippen LogP contribution in [0.15, 0.2) is 0 Å². The first-order valence-corrected chi connectivity index (χ1v) is 7.17. The van der Waals surface area contributed by atoms with E-state index >= 15 is 0 Å². The Morgan fingerprint density at radius 1 is 1.33 bits per heavy atom. The largest absolute Gasteiger partial charge is 0.396 e. The van der Waals surface area contributed by atoms with Crippen LogP contribution in [0.4, 0.5) is 0 Å². The Kier molecular flexibility index (Phi) is 6.65. The second-order valence-electron chi connectivity index (χ2n) is 5.58. The molecule has 0 bridgehead atoms. The number of nitrogens with zero attached hydrogens (tertiary/aromatic N) is 1. The van der Waals surface area contributed by atoms with Crippen molar-refractivity contribution >= 4 is 5.91 Å². The topological polar surface area (TPSA) is 52.6 Å². The van der Waals surface area contributed by atoms with Gasteiger partial charge in [-0.15, -0.1) is 0 Å². The Hall–Kier alpha value is -0.610. The number of likely N-dealkylation sites (N-methyl/N-ethyl adjacent to an activating group) is 1. The maximum Gasteiger partial charge on any atom is 0.237 e. The fourth-order valence-electron chi connectivity index (χ4n) is 2.86. The zero-order valence-electron chi connectivity index (χ0n) is 12.0. The second kappa shape index (κ2) is 7.74. The first-order chi connectivity index (χ1) is 8.60. The number of aliphatic hydroxyl groups is 1. The van der Waals surface area contributed by atoms with Crippen LogP contribution < -0.4 is 5.32 Å². The van der Waals surface area contributed by atoms with E-state index in [-0.39, 0.29) is 30.5 Å². The van der Waals surface area contributed by atoms with Crippen molar-refractivity contribution in [3.8, 4) is 0 Å². The lowest BCUT2D eigenvalue weighted by molar-refractivity contribution is -0.126. The number of hydrogen-bond acceptors (Lipinski definition) is 3. The van der Waals surface area contributed by atoms with Crippen LogP contribution in [0.3, 0.4) is 0 Å². The summed E-state index contributed by atoms with van der Waals surface area (Å²) in [5.74, 6) is 0.337. The summed E-state index contributed by atoms with van der Waals surface area (Å²) in [6.45, 7) is 2.21. The lowest BCUT2D eigenvalue weighted by atomic mass is 9.95. The molecular formula is C14H28N2O2. The molecule has 0 aromatic heterocycles. The van der Waals surface area contributed by atoms with E-state index in [0.717, 1.165) is 25.7 Å². The van der Waals surface area contributed by atoms with E-state index in [2.05, 4.69) is 5.32 Å². The predicted molar refractivity (Wildman–Crippen MR) is 73.4 cm³/mol. The van der Waals surface area contributed by atoms with Gasteiger partial charge in [0.2, 0.25) is 5.91 Å². The molecule has 1 aliphatic carbocycles. The monoisotopic (exact) mass is 256 g/mol. The number of aliphatic hydroxyl groups excluding tert-OH is 1. The molecule has 2 N–H and O–H groups in total. The summed E-state index contributed by atoms with van der Waals surface area (Å²) < 4.78 is 0. The van der Waals surface area contributed by atoms with Crippen LogP contribution in [0.5, 0.6) is 0 Å². The average molecular weight is 256 g/mol. The summed E-state index contributed by atoms with van der Waals surface area (Å²) in [4.78, 5) is 14.2. The number of rotatable bonds is 5. The molecule has 4 nitrogen and oxygen atoms in total. The zero-order chi connectivity index (χ0) is 13.5. The van der Waals surface area contributed by atoms with Crippen LogP contribution in [-0.4, -0.2) is 48.7 Å². The second-order valence-corrected chi connectivity index (χ2v) is 5.58. The molecule has 0 heterocycles. The summed E-state index contributed by atoms with van der Waals surface area (Å²) >= 11 is 0. The van der Waals surface area contributed by atoms with Crippen LogP contribution in [0.2, 0.25) is 0 Å². The molecule has 1 aliphatic rings. The third kappa shape index (κ3) is 4.25. The SMILES string of the molecule is CC[C@H](C(=O)N[C@H]1CCCCC[C@@H]1CO)N(C)C. The van der Waals surface area contributed by atoms with Gasteiger partial charge < -0.3 is 10.4 Å². The van der Waals surface area contributed by atoms with E-state index in [1.165, 1.54) is 12.8 Å². The summed E-state index contributed by atoms with van der Waals surface area (Å²) in [5, 5.41) is 12.6. The molecule has 0 aromatic rings. The molecule has 0 saturated heterocycles. The molecule has 106 valence electrons. The van der Waals surface area contributed by atoms with Crippen LogP contribution in [0.1, 0.15) is 45.4 Å². The van der Waals surface area contributed by atoms with Crippen LogP contribution in [0.25, 0.3) is 0 Å². The molecule has 0 radical (unpaired) electrons. The third-order valence-corrected chi connectivity index (χ3v) is 4.03. The maximum atomic E-state index is 12.2. The van der Waals surface area contributed by atoms with Gasteiger partial charge in [-0.25, -0.2) is 0 Å². The minimum Gasteiger partial charge on any atom is -0.396 e. The molecule has 1 fully saturated rings. The molecule has 0 unspecified atom stereocenters. The number of carbonyl (C=O) groups excluding carboxylic acids is 1. The van der Waals surface area contributed by atoms with Crippen molar-refractivity contribution in [1.29, 1.82) is 0 Å². The van der Waals surface area contributed by atoms with Crippen LogP contribution >= 0.6 is 0 Å². The van der Waals surface area contributed by atoms with Crippen molar-refractivity contribution in [2.45, 2.75) is 57.5 Å². The Bertz CT molecular complexity index is 256. The maximum absolute atomic E-state index is 12.2. The van der Waals surface area contributed by atoms with Gasteiger partial charge in [0.05, 0.1) is 6.04 Å². The molecule has 4 heteroatoms. The van der Waals surface area contributed by atoms with E-state index in [4.69, 9.17) is 0 Å². The van der Waals surface area contributed by atoms with Gasteiger partial charge in [0.1, 0.15) is 0 Å². The highest BCUT2D eigenvalue weighted by atomic mass is 16.3. The van der Waals surface area contributed by atoms with Gasteiger partial charge in [0, 0.05) is 18.6 Å². The lowest BCUT2D eigenvalue weighted by Crippen LogP contribution is -2.49. The fraction of sp³-hybridized carbons (Fsp3) is 0.929. The molecular weight excluding hydrogens is 228 g/mol. The number of hydrogen-bond donors (Lipinski definition) is 2. The summed E-state index contributed by atoms with van der Waals surface area (Å²) in [6, 6.07) is 0.0894. The van der Waals surface area contributed by atoms with Crippen molar-refractivity contribution in [2.24, 2.45) is 5.92 Å². The van der Waals surface area contributed by atoms with E-state index in [1.54, 1.807) is 0 Å². The highest BCUT2D eigenvalue weighted by Gasteiger charge is 2.27. The molecule has 0 aliphatic heterocycles. The van der Waals surface area contributed by atoms with Gasteiger partial charge in [0.25, 0.3) is 0 Å². The van der Waals surface area contributed by atoms with Gasteiger partial charge in [-0.1, -0.05) is 26.2 Å². The molecule has 1 amide bonds. The Morgan fingerprint density at radius 3 is 2.56 bits per heavy atom.